The summed E-state index contributed by atoms with van der Waals surface area (Å²) in [5.74, 6) is 3.88. The van der Waals surface area contributed by atoms with E-state index in [1.165, 1.54) is 25.0 Å². The van der Waals surface area contributed by atoms with Crippen molar-refractivity contribution in [3.63, 3.8) is 0 Å². The number of rotatable bonds is 3. The minimum Gasteiger partial charge on any atom is -0.237 e. The molecule has 0 unspecified atom stereocenters. The SMILES string of the molecule is Clc1nc(CCC2CC2)nc2c1CSC2. The lowest BCUT2D eigenvalue weighted by Crippen LogP contribution is -2.01. The number of nitrogens with zero attached hydrogens (tertiary/aromatic N) is 2. The second-order valence-electron chi connectivity index (χ2n) is 4.33. The number of halogens is 1. The fourth-order valence-corrected chi connectivity index (χ4v) is 3.31. The van der Waals surface area contributed by atoms with Crippen molar-refractivity contribution in [3.8, 4) is 0 Å². The number of hydrogen-bond acceptors (Lipinski definition) is 3. The Balaban J connectivity index is 1.79. The summed E-state index contributed by atoms with van der Waals surface area (Å²) in [6.07, 6.45) is 5.04. The lowest BCUT2D eigenvalue weighted by molar-refractivity contribution is 0.693. The van der Waals surface area contributed by atoms with Gasteiger partial charge in [0.05, 0.1) is 5.69 Å². The number of hydrogen-bond donors (Lipinski definition) is 0. The largest absolute Gasteiger partial charge is 0.237 e. The van der Waals surface area contributed by atoms with Gasteiger partial charge < -0.3 is 0 Å². The first-order valence-electron chi connectivity index (χ1n) is 5.45. The van der Waals surface area contributed by atoms with Gasteiger partial charge in [0.2, 0.25) is 0 Å². The van der Waals surface area contributed by atoms with Crippen molar-refractivity contribution in [1.29, 1.82) is 0 Å². The fraction of sp³-hybridized carbons (Fsp3) is 0.636. The molecular formula is C11H13ClN2S. The van der Waals surface area contributed by atoms with Crippen LogP contribution < -0.4 is 0 Å². The van der Waals surface area contributed by atoms with E-state index in [1.54, 1.807) is 0 Å². The van der Waals surface area contributed by atoms with Gasteiger partial charge in [0.25, 0.3) is 0 Å². The Labute approximate surface area is 98.8 Å². The lowest BCUT2D eigenvalue weighted by Gasteiger charge is -2.04. The van der Waals surface area contributed by atoms with E-state index in [1.807, 2.05) is 11.8 Å². The Kier molecular flexibility index (Phi) is 2.61. The van der Waals surface area contributed by atoms with E-state index < -0.39 is 0 Å². The minimum atomic E-state index is 0.691. The van der Waals surface area contributed by atoms with Crippen molar-refractivity contribution < 1.29 is 0 Å². The van der Waals surface area contributed by atoms with E-state index in [0.29, 0.717) is 5.15 Å². The Bertz CT molecular complexity index is 390. The predicted octanol–water partition coefficient (Wildman–Crippen LogP) is 3.22. The van der Waals surface area contributed by atoms with Gasteiger partial charge in [-0.2, -0.15) is 11.8 Å². The molecule has 0 aromatic carbocycles. The summed E-state index contributed by atoms with van der Waals surface area (Å²) in [4.78, 5) is 8.98. The quantitative estimate of drug-likeness (QED) is 0.759. The van der Waals surface area contributed by atoms with E-state index in [-0.39, 0.29) is 0 Å². The van der Waals surface area contributed by atoms with Gasteiger partial charge in [-0.3, -0.25) is 0 Å². The summed E-state index contributed by atoms with van der Waals surface area (Å²) in [6, 6.07) is 0. The molecule has 1 saturated carbocycles. The molecule has 0 amide bonds. The summed E-state index contributed by atoms with van der Waals surface area (Å²) < 4.78 is 0. The monoisotopic (exact) mass is 240 g/mol. The molecule has 4 heteroatoms. The normalized spacial score (nSPS) is 19.3. The van der Waals surface area contributed by atoms with Crippen molar-refractivity contribution in [2.45, 2.75) is 37.2 Å². The second-order valence-corrected chi connectivity index (χ2v) is 5.67. The fourth-order valence-electron chi connectivity index (χ4n) is 1.91. The predicted molar refractivity (Wildman–Crippen MR) is 63.1 cm³/mol. The van der Waals surface area contributed by atoms with Crippen LogP contribution in [-0.4, -0.2) is 9.97 Å². The molecular weight excluding hydrogens is 228 g/mol. The van der Waals surface area contributed by atoms with Crippen molar-refractivity contribution in [3.05, 3.63) is 22.2 Å². The van der Waals surface area contributed by atoms with Gasteiger partial charge in [0.15, 0.2) is 0 Å². The maximum Gasteiger partial charge on any atom is 0.137 e. The van der Waals surface area contributed by atoms with E-state index >= 15 is 0 Å². The van der Waals surface area contributed by atoms with Gasteiger partial charge in [0.1, 0.15) is 11.0 Å². The molecule has 0 bridgehead atoms. The maximum atomic E-state index is 6.14. The Morgan fingerprint density at radius 1 is 1.27 bits per heavy atom. The molecule has 2 heterocycles. The topological polar surface area (TPSA) is 25.8 Å². The smallest absolute Gasteiger partial charge is 0.137 e. The number of aryl methyl sites for hydroxylation is 1. The van der Waals surface area contributed by atoms with Gasteiger partial charge >= 0.3 is 0 Å². The highest BCUT2D eigenvalue weighted by molar-refractivity contribution is 7.98. The van der Waals surface area contributed by atoms with Gasteiger partial charge in [-0.05, 0) is 12.3 Å². The third-order valence-corrected chi connectivity index (χ3v) is 4.33. The minimum absolute atomic E-state index is 0.691. The molecule has 3 rings (SSSR count). The molecule has 0 radical (unpaired) electrons. The molecule has 0 spiro atoms. The molecule has 1 fully saturated rings. The summed E-state index contributed by atoms with van der Waals surface area (Å²) in [5, 5.41) is 0.691. The van der Waals surface area contributed by atoms with Crippen LogP contribution in [0.15, 0.2) is 0 Å². The van der Waals surface area contributed by atoms with Crippen LogP contribution in [0.25, 0.3) is 0 Å². The van der Waals surface area contributed by atoms with Crippen LogP contribution in [0.4, 0.5) is 0 Å². The van der Waals surface area contributed by atoms with Crippen LogP contribution in [0.1, 0.15) is 36.3 Å². The second kappa shape index (κ2) is 3.95. The molecule has 1 aliphatic heterocycles. The van der Waals surface area contributed by atoms with Crippen molar-refractivity contribution >= 4 is 23.4 Å². The zero-order valence-electron chi connectivity index (χ0n) is 8.50. The molecule has 0 N–H and O–H groups in total. The summed E-state index contributed by atoms with van der Waals surface area (Å²) >= 11 is 8.02. The van der Waals surface area contributed by atoms with Crippen LogP contribution >= 0.6 is 23.4 Å². The van der Waals surface area contributed by atoms with E-state index in [0.717, 1.165) is 35.2 Å². The van der Waals surface area contributed by atoms with Crippen LogP contribution in [0.3, 0.4) is 0 Å². The maximum absolute atomic E-state index is 6.14. The van der Waals surface area contributed by atoms with Crippen LogP contribution in [0.2, 0.25) is 5.15 Å². The van der Waals surface area contributed by atoms with Crippen molar-refractivity contribution in [1.82, 2.24) is 9.97 Å². The van der Waals surface area contributed by atoms with Crippen LogP contribution in [0, 0.1) is 5.92 Å². The Morgan fingerprint density at radius 2 is 2.13 bits per heavy atom. The van der Waals surface area contributed by atoms with Crippen molar-refractivity contribution in [2.75, 3.05) is 0 Å². The highest BCUT2D eigenvalue weighted by Gasteiger charge is 2.23. The molecule has 2 nitrogen and oxygen atoms in total. The lowest BCUT2D eigenvalue weighted by atomic mass is 10.2. The average molecular weight is 241 g/mol. The highest BCUT2D eigenvalue weighted by atomic mass is 35.5. The van der Waals surface area contributed by atoms with E-state index in [2.05, 4.69) is 9.97 Å². The first-order chi connectivity index (χ1) is 7.33. The standard InChI is InChI=1S/C11H13ClN2S/c12-11-8-5-15-6-9(8)13-10(14-11)4-3-7-1-2-7/h7H,1-6H2. The molecule has 1 aromatic rings. The molecule has 1 aromatic heterocycles. The summed E-state index contributed by atoms with van der Waals surface area (Å²) in [7, 11) is 0. The van der Waals surface area contributed by atoms with Crippen molar-refractivity contribution in [2.24, 2.45) is 5.92 Å². The number of thioether (sulfide) groups is 1. The molecule has 15 heavy (non-hydrogen) atoms. The third-order valence-electron chi connectivity index (χ3n) is 3.05. The number of fused-ring (bicyclic) bond motifs is 1. The van der Waals surface area contributed by atoms with Gasteiger partial charge in [-0.1, -0.05) is 24.4 Å². The van der Waals surface area contributed by atoms with Crippen LogP contribution in [0.5, 0.6) is 0 Å². The van der Waals surface area contributed by atoms with Gasteiger partial charge in [-0.25, -0.2) is 9.97 Å². The van der Waals surface area contributed by atoms with Gasteiger partial charge in [0, 0.05) is 23.5 Å². The molecule has 1 aliphatic carbocycles. The summed E-state index contributed by atoms with van der Waals surface area (Å²) in [5.41, 5.74) is 2.34. The van der Waals surface area contributed by atoms with Gasteiger partial charge in [-0.15, -0.1) is 0 Å². The molecule has 0 saturated heterocycles. The van der Waals surface area contributed by atoms with Crippen LogP contribution in [-0.2, 0) is 17.9 Å². The highest BCUT2D eigenvalue weighted by Crippen LogP contribution is 2.35. The Morgan fingerprint density at radius 3 is 2.93 bits per heavy atom. The first kappa shape index (κ1) is 9.91. The zero-order valence-corrected chi connectivity index (χ0v) is 10.1. The van der Waals surface area contributed by atoms with E-state index in [4.69, 9.17) is 11.6 Å². The molecule has 80 valence electrons. The third kappa shape index (κ3) is 2.13. The molecule has 2 aliphatic rings. The molecule has 0 atom stereocenters. The average Bonchev–Trinajstić information content (AvgIpc) is 2.93. The Hall–Kier alpha value is -0.280. The summed E-state index contributed by atoms with van der Waals surface area (Å²) in [6.45, 7) is 0. The number of aromatic nitrogens is 2. The zero-order chi connectivity index (χ0) is 10.3. The van der Waals surface area contributed by atoms with E-state index in [9.17, 15) is 0 Å². The first-order valence-corrected chi connectivity index (χ1v) is 6.98.